The highest BCUT2D eigenvalue weighted by Gasteiger charge is 2.24. The van der Waals surface area contributed by atoms with E-state index >= 15 is 0 Å². The van der Waals surface area contributed by atoms with Crippen molar-refractivity contribution in [1.29, 1.82) is 0 Å². The van der Waals surface area contributed by atoms with Crippen LogP contribution in [0.2, 0.25) is 0 Å². The van der Waals surface area contributed by atoms with Gasteiger partial charge in [-0.1, -0.05) is 33.8 Å². The zero-order valence-corrected chi connectivity index (χ0v) is 20.7. The molecule has 0 spiro atoms. The van der Waals surface area contributed by atoms with Crippen molar-refractivity contribution in [2.75, 3.05) is 23.9 Å². The van der Waals surface area contributed by atoms with Crippen molar-refractivity contribution in [3.63, 3.8) is 0 Å². The molecule has 0 saturated heterocycles. The van der Waals surface area contributed by atoms with Crippen molar-refractivity contribution in [3.05, 3.63) is 52.6 Å². The van der Waals surface area contributed by atoms with Crippen molar-refractivity contribution in [1.82, 2.24) is 0 Å². The van der Waals surface area contributed by atoms with Gasteiger partial charge in [0.05, 0.1) is 7.11 Å². The van der Waals surface area contributed by atoms with E-state index in [1.807, 2.05) is 53.7 Å². The first-order chi connectivity index (χ1) is 15.4. The van der Waals surface area contributed by atoms with E-state index in [9.17, 15) is 14.4 Å². The molecule has 0 aliphatic carbocycles. The van der Waals surface area contributed by atoms with Gasteiger partial charge in [-0.2, -0.15) is 0 Å². The molecule has 0 aliphatic heterocycles. The molecule has 0 heterocycles. The number of carbonyl (C=O) groups excluding carboxylic acids is 3. The van der Waals surface area contributed by atoms with E-state index in [-0.39, 0.29) is 23.8 Å². The molecule has 0 fully saturated rings. The van der Waals surface area contributed by atoms with Gasteiger partial charge in [0.1, 0.15) is 12.3 Å². The summed E-state index contributed by atoms with van der Waals surface area (Å²) in [5.74, 6) is -0.324. The molecule has 3 amide bonds. The number of hydrogen-bond donors (Lipinski definition) is 2. The third kappa shape index (κ3) is 6.34. The lowest BCUT2D eigenvalue weighted by atomic mass is 9.85. The summed E-state index contributed by atoms with van der Waals surface area (Å²) >= 11 is 0. The van der Waals surface area contributed by atoms with Crippen LogP contribution in [0.25, 0.3) is 0 Å². The molecule has 0 aromatic heterocycles. The topological polar surface area (TPSA) is 102 Å². The summed E-state index contributed by atoms with van der Waals surface area (Å²) in [5.41, 5.74) is 9.24. The molecule has 0 atom stereocenters. The molecular formula is C26H35N3O4. The molecule has 0 radical (unpaired) electrons. The third-order valence-corrected chi connectivity index (χ3v) is 5.41. The average molecular weight is 454 g/mol. The first-order valence-corrected chi connectivity index (χ1v) is 11.1. The minimum Gasteiger partial charge on any atom is -0.496 e. The van der Waals surface area contributed by atoms with Crippen LogP contribution in [0.1, 0.15) is 67.6 Å². The Bertz CT molecular complexity index is 1030. The van der Waals surface area contributed by atoms with Gasteiger partial charge in [0.15, 0.2) is 0 Å². The highest BCUT2D eigenvalue weighted by molar-refractivity contribution is 6.03. The number of amides is 3. The first kappa shape index (κ1) is 25.9. The molecule has 7 heteroatoms. The second-order valence-electron chi connectivity index (χ2n) is 9.27. The van der Waals surface area contributed by atoms with Gasteiger partial charge in [0.2, 0.25) is 17.7 Å². The Morgan fingerprint density at radius 3 is 2.15 bits per heavy atom. The molecule has 2 rings (SSSR count). The van der Waals surface area contributed by atoms with Crippen molar-refractivity contribution < 1.29 is 19.1 Å². The van der Waals surface area contributed by atoms with E-state index in [1.165, 1.54) is 4.90 Å². The van der Waals surface area contributed by atoms with E-state index in [4.69, 9.17) is 10.5 Å². The number of nitrogens with zero attached hydrogens (tertiary/aromatic N) is 1. The second kappa shape index (κ2) is 10.5. The molecule has 0 bridgehead atoms. The number of benzene rings is 2. The van der Waals surface area contributed by atoms with Gasteiger partial charge < -0.3 is 20.7 Å². The van der Waals surface area contributed by atoms with Crippen LogP contribution in [0.5, 0.6) is 5.75 Å². The number of nitrogens with one attached hydrogen (secondary N) is 1. The van der Waals surface area contributed by atoms with Gasteiger partial charge in [-0.15, -0.1) is 0 Å². The fourth-order valence-corrected chi connectivity index (χ4v) is 3.87. The van der Waals surface area contributed by atoms with Gasteiger partial charge in [-0.25, -0.2) is 0 Å². The molecule has 33 heavy (non-hydrogen) atoms. The number of nitrogens with two attached hydrogens (primary N) is 1. The second-order valence-corrected chi connectivity index (χ2v) is 9.27. The number of aryl methyl sites for hydroxylation is 2. The SMILES string of the molecule is CCCC(=O)N(CC(=O)Nc1cc(C(N)=O)ccc1C(C)(C)C)c1cc(C)c(OC)c(C)c1. The van der Waals surface area contributed by atoms with Crippen molar-refractivity contribution in [3.8, 4) is 5.75 Å². The summed E-state index contributed by atoms with van der Waals surface area (Å²) in [6, 6.07) is 8.73. The summed E-state index contributed by atoms with van der Waals surface area (Å²) in [6.07, 6.45) is 0.988. The van der Waals surface area contributed by atoms with Crippen molar-refractivity contribution >= 4 is 29.1 Å². The fourth-order valence-electron chi connectivity index (χ4n) is 3.87. The Balaban J connectivity index is 2.41. The zero-order valence-electron chi connectivity index (χ0n) is 20.7. The van der Waals surface area contributed by atoms with Gasteiger partial charge >= 0.3 is 0 Å². The number of methoxy groups -OCH3 is 1. The third-order valence-electron chi connectivity index (χ3n) is 5.41. The maximum Gasteiger partial charge on any atom is 0.248 e. The van der Waals surface area contributed by atoms with Crippen LogP contribution in [-0.2, 0) is 15.0 Å². The molecule has 2 aromatic rings. The summed E-state index contributed by atoms with van der Waals surface area (Å²) in [4.78, 5) is 39.2. The normalized spacial score (nSPS) is 11.1. The summed E-state index contributed by atoms with van der Waals surface area (Å²) in [6.45, 7) is 11.6. The predicted molar refractivity (Wildman–Crippen MR) is 132 cm³/mol. The Labute approximate surface area is 196 Å². The van der Waals surface area contributed by atoms with Crippen LogP contribution >= 0.6 is 0 Å². The van der Waals surface area contributed by atoms with Crippen LogP contribution in [0.15, 0.2) is 30.3 Å². The molecule has 2 aromatic carbocycles. The molecule has 7 nitrogen and oxygen atoms in total. The Hall–Kier alpha value is -3.35. The van der Waals surface area contributed by atoms with E-state index < -0.39 is 5.91 Å². The van der Waals surface area contributed by atoms with Crippen LogP contribution < -0.4 is 20.7 Å². The number of anilines is 2. The summed E-state index contributed by atoms with van der Waals surface area (Å²) < 4.78 is 5.43. The standard InChI is InChI=1S/C26H35N3O4/c1-8-9-23(31)29(19-12-16(2)24(33-7)17(3)13-19)15-22(30)28-21-14-18(25(27)32)10-11-20(21)26(4,5)6/h10-14H,8-9,15H2,1-7H3,(H2,27,32)(H,28,30). The van der Waals surface area contributed by atoms with Gasteiger partial charge in [0, 0.05) is 23.4 Å². The molecule has 3 N–H and O–H groups in total. The molecular weight excluding hydrogens is 418 g/mol. The van der Waals surface area contributed by atoms with Crippen LogP contribution in [0.4, 0.5) is 11.4 Å². The highest BCUT2D eigenvalue weighted by Crippen LogP contribution is 2.32. The van der Waals surface area contributed by atoms with E-state index in [2.05, 4.69) is 5.32 Å². The molecule has 178 valence electrons. The lowest BCUT2D eigenvalue weighted by Crippen LogP contribution is -2.38. The maximum atomic E-state index is 13.1. The Morgan fingerprint density at radius 2 is 1.67 bits per heavy atom. The first-order valence-electron chi connectivity index (χ1n) is 11.1. The fraction of sp³-hybridized carbons (Fsp3) is 0.423. The number of primary amides is 1. The Morgan fingerprint density at radius 1 is 1.06 bits per heavy atom. The number of rotatable bonds is 8. The largest absolute Gasteiger partial charge is 0.496 e. The number of carbonyl (C=O) groups is 3. The van der Waals surface area contributed by atoms with E-state index in [0.717, 1.165) is 22.4 Å². The lowest BCUT2D eigenvalue weighted by molar-refractivity contribution is -0.121. The zero-order chi connectivity index (χ0) is 24.9. The van der Waals surface area contributed by atoms with Crippen LogP contribution in [0, 0.1) is 13.8 Å². The monoisotopic (exact) mass is 453 g/mol. The van der Waals surface area contributed by atoms with Crippen LogP contribution in [0.3, 0.4) is 0 Å². The van der Waals surface area contributed by atoms with Crippen molar-refractivity contribution in [2.45, 2.75) is 59.8 Å². The summed E-state index contributed by atoms with van der Waals surface area (Å²) in [5, 5.41) is 2.90. The average Bonchev–Trinajstić information content (AvgIpc) is 2.71. The lowest BCUT2D eigenvalue weighted by Gasteiger charge is -2.26. The van der Waals surface area contributed by atoms with Crippen molar-refractivity contribution in [2.24, 2.45) is 5.73 Å². The smallest absolute Gasteiger partial charge is 0.248 e. The van der Waals surface area contributed by atoms with Gasteiger partial charge in [-0.05, 0) is 66.6 Å². The predicted octanol–water partition coefficient (Wildman–Crippen LogP) is 4.48. The summed E-state index contributed by atoms with van der Waals surface area (Å²) in [7, 11) is 1.61. The highest BCUT2D eigenvalue weighted by atomic mass is 16.5. The Kier molecular flexibility index (Phi) is 8.25. The van der Waals surface area contributed by atoms with E-state index in [0.29, 0.717) is 29.8 Å². The maximum absolute atomic E-state index is 13.1. The minimum absolute atomic E-state index is 0.140. The van der Waals surface area contributed by atoms with Crippen LogP contribution in [-0.4, -0.2) is 31.4 Å². The van der Waals surface area contributed by atoms with Gasteiger partial charge in [-0.3, -0.25) is 14.4 Å². The minimum atomic E-state index is -0.574. The number of ether oxygens (including phenoxy) is 1. The molecule has 0 saturated carbocycles. The number of hydrogen-bond acceptors (Lipinski definition) is 4. The van der Waals surface area contributed by atoms with E-state index in [1.54, 1.807) is 25.3 Å². The molecule has 0 unspecified atom stereocenters. The van der Waals surface area contributed by atoms with Gasteiger partial charge in [0.25, 0.3) is 0 Å². The quantitative estimate of drug-likeness (QED) is 0.615. The molecule has 0 aliphatic rings.